The minimum absolute atomic E-state index is 0.0730. The molecule has 0 radical (unpaired) electrons. The van der Waals surface area contributed by atoms with Gasteiger partial charge in [0.25, 0.3) is 5.56 Å². The highest BCUT2D eigenvalue weighted by molar-refractivity contribution is 14.1. The van der Waals surface area contributed by atoms with Crippen molar-refractivity contribution in [3.63, 3.8) is 0 Å². The third-order valence-electron chi connectivity index (χ3n) is 6.70. The second-order valence-electron chi connectivity index (χ2n) is 9.15. The quantitative estimate of drug-likeness (QED) is 0.164. The number of halogens is 1. The van der Waals surface area contributed by atoms with Crippen LogP contribution in [0.3, 0.4) is 0 Å². The van der Waals surface area contributed by atoms with Gasteiger partial charge < -0.3 is 14.4 Å². The van der Waals surface area contributed by atoms with Crippen LogP contribution in [0.25, 0.3) is 5.69 Å². The molecule has 0 N–H and O–H groups in total. The maximum absolute atomic E-state index is 13.5. The van der Waals surface area contributed by atoms with Crippen LogP contribution in [-0.2, 0) is 10.8 Å². The number of methoxy groups -OCH3 is 1. The molecule has 0 spiro atoms. The topological polar surface area (TPSA) is 80.4 Å². The monoisotopic (exact) mass is 650 g/mol. The third-order valence-corrected chi connectivity index (χ3v) is 8.95. The molecular weight excluding hydrogens is 623 g/mol. The fraction of sp³-hybridized carbons (Fsp3) is 0.233. The molecule has 9 heteroatoms. The van der Waals surface area contributed by atoms with Crippen molar-refractivity contribution in [2.24, 2.45) is 0 Å². The molecule has 0 amide bonds. The Morgan fingerprint density at radius 3 is 2.59 bits per heavy atom. The molecule has 0 aliphatic carbocycles. The van der Waals surface area contributed by atoms with E-state index in [4.69, 9.17) is 14.7 Å². The van der Waals surface area contributed by atoms with E-state index in [-0.39, 0.29) is 10.8 Å². The number of fused-ring (bicyclic) bond motifs is 1. The summed E-state index contributed by atoms with van der Waals surface area (Å²) in [7, 11) is 3.56. The van der Waals surface area contributed by atoms with Gasteiger partial charge in [-0.05, 0) is 47.5 Å². The summed E-state index contributed by atoms with van der Waals surface area (Å²) in [6, 6.07) is 23.6. The summed E-state index contributed by atoms with van der Waals surface area (Å²) in [5, 5.41) is 9.17. The Balaban J connectivity index is 1.28. The van der Waals surface area contributed by atoms with Gasteiger partial charge in [0.15, 0.2) is 11.5 Å². The van der Waals surface area contributed by atoms with Crippen LogP contribution in [0.1, 0.15) is 27.6 Å². The van der Waals surface area contributed by atoms with E-state index in [0.29, 0.717) is 40.8 Å². The number of hydrogen-bond acceptors (Lipinski definition) is 7. The van der Waals surface area contributed by atoms with Gasteiger partial charge in [0, 0.05) is 34.9 Å². The molecule has 1 atom stereocenters. The number of aromatic nitrogens is 2. The Morgan fingerprint density at radius 2 is 1.90 bits per heavy atom. The number of nitrogens with zero attached hydrogens (tertiary/aromatic N) is 4. The standard InChI is InChI=1S/C30H27IN4O3S/c1-34(23-9-5-21(18-32)6-10-23)13-14-38-26-12-11-24(15-27(26)37-2)35-19-33-25-16-28(39-29(25)30(35)36)22-7-3-20(17-31)4-8-22/h3-12,15,19,28H,13-14,16-17H2,1-2H3. The van der Waals surface area contributed by atoms with Crippen LogP contribution in [0, 0.1) is 11.3 Å². The Kier molecular flexibility index (Phi) is 8.43. The smallest absolute Gasteiger partial charge is 0.271 e. The van der Waals surface area contributed by atoms with Crippen molar-refractivity contribution in [2.75, 3.05) is 32.2 Å². The first-order chi connectivity index (χ1) is 19.0. The highest BCUT2D eigenvalue weighted by Crippen LogP contribution is 2.44. The first kappa shape index (κ1) is 27.1. The predicted octanol–water partition coefficient (Wildman–Crippen LogP) is 5.95. The van der Waals surface area contributed by atoms with Crippen molar-refractivity contribution < 1.29 is 9.47 Å². The van der Waals surface area contributed by atoms with Crippen molar-refractivity contribution in [3.05, 3.63) is 106 Å². The molecule has 1 aliphatic rings. The summed E-state index contributed by atoms with van der Waals surface area (Å²) < 4.78 is 14.1. The van der Waals surface area contributed by atoms with Gasteiger partial charge in [-0.2, -0.15) is 5.26 Å². The predicted molar refractivity (Wildman–Crippen MR) is 163 cm³/mol. The molecule has 1 aromatic heterocycles. The van der Waals surface area contributed by atoms with Gasteiger partial charge in [0.2, 0.25) is 0 Å². The Hall–Kier alpha value is -3.49. The molecule has 0 saturated heterocycles. The molecule has 1 aliphatic heterocycles. The van der Waals surface area contributed by atoms with Crippen LogP contribution in [0.2, 0.25) is 0 Å². The fourth-order valence-corrected chi connectivity index (χ4v) is 6.22. The van der Waals surface area contributed by atoms with Crippen LogP contribution >= 0.6 is 34.4 Å². The maximum atomic E-state index is 13.5. The number of anilines is 1. The summed E-state index contributed by atoms with van der Waals surface area (Å²) in [6.45, 7) is 1.08. The molecule has 0 fully saturated rings. The number of rotatable bonds is 9. The maximum Gasteiger partial charge on any atom is 0.271 e. The lowest BCUT2D eigenvalue weighted by molar-refractivity contribution is 0.301. The van der Waals surface area contributed by atoms with Gasteiger partial charge in [0.05, 0.1) is 41.6 Å². The number of thioether (sulfide) groups is 1. The Labute approximate surface area is 245 Å². The minimum Gasteiger partial charge on any atom is -0.493 e. The molecule has 3 aromatic carbocycles. The van der Waals surface area contributed by atoms with E-state index in [1.54, 1.807) is 48.0 Å². The third kappa shape index (κ3) is 5.92. The van der Waals surface area contributed by atoms with Crippen LogP contribution in [-0.4, -0.2) is 36.9 Å². The first-order valence-electron chi connectivity index (χ1n) is 12.4. The zero-order valence-corrected chi connectivity index (χ0v) is 24.6. The van der Waals surface area contributed by atoms with Gasteiger partial charge in [-0.3, -0.25) is 9.36 Å². The molecule has 0 saturated carbocycles. The molecule has 2 heterocycles. The molecule has 0 bridgehead atoms. The normalized spacial score (nSPS) is 13.9. The van der Waals surface area contributed by atoms with Crippen LogP contribution < -0.4 is 19.9 Å². The van der Waals surface area contributed by atoms with Gasteiger partial charge in [-0.1, -0.05) is 46.9 Å². The van der Waals surface area contributed by atoms with Crippen molar-refractivity contribution in [3.8, 4) is 23.3 Å². The second-order valence-corrected chi connectivity index (χ2v) is 11.1. The second kappa shape index (κ2) is 12.1. The minimum atomic E-state index is -0.0730. The SMILES string of the molecule is COc1cc(-n2cnc3c(c2=O)SC(c2ccc(CI)cc2)C3)ccc1OCCN(C)c1ccc(C#N)cc1. The number of ether oxygens (including phenoxy) is 2. The number of nitriles is 1. The first-order valence-corrected chi connectivity index (χ1v) is 14.9. The van der Waals surface area contributed by atoms with Gasteiger partial charge in [-0.25, -0.2) is 4.98 Å². The number of benzene rings is 3. The van der Waals surface area contributed by atoms with Crippen LogP contribution in [0.4, 0.5) is 5.69 Å². The fourth-order valence-electron chi connectivity index (χ4n) is 4.42. The van der Waals surface area contributed by atoms with Crippen LogP contribution in [0.15, 0.2) is 82.7 Å². The van der Waals surface area contributed by atoms with E-state index in [1.807, 2.05) is 31.3 Å². The average molecular weight is 651 g/mol. The molecular formula is C30H27IN4O3S. The van der Waals surface area contributed by atoms with E-state index >= 15 is 0 Å². The summed E-state index contributed by atoms with van der Waals surface area (Å²) >= 11 is 3.95. The lowest BCUT2D eigenvalue weighted by Crippen LogP contribution is -2.24. The Bertz CT molecular complexity index is 1570. The van der Waals surface area contributed by atoms with E-state index in [0.717, 1.165) is 22.2 Å². The van der Waals surface area contributed by atoms with Crippen LogP contribution in [0.5, 0.6) is 11.5 Å². The molecule has 5 rings (SSSR count). The summed E-state index contributed by atoms with van der Waals surface area (Å²) in [6.07, 6.45) is 2.35. The van der Waals surface area contributed by atoms with E-state index in [9.17, 15) is 4.79 Å². The van der Waals surface area contributed by atoms with E-state index in [2.05, 4.69) is 62.8 Å². The van der Waals surface area contributed by atoms with E-state index in [1.165, 1.54) is 11.1 Å². The zero-order chi connectivity index (χ0) is 27.4. The Morgan fingerprint density at radius 1 is 1.13 bits per heavy atom. The van der Waals surface area contributed by atoms with Crippen molar-refractivity contribution in [1.82, 2.24) is 9.55 Å². The van der Waals surface area contributed by atoms with E-state index < -0.39 is 0 Å². The molecule has 7 nitrogen and oxygen atoms in total. The highest BCUT2D eigenvalue weighted by atomic mass is 127. The highest BCUT2D eigenvalue weighted by Gasteiger charge is 2.28. The lowest BCUT2D eigenvalue weighted by atomic mass is 10.1. The molecule has 1 unspecified atom stereocenters. The van der Waals surface area contributed by atoms with Crippen molar-refractivity contribution in [2.45, 2.75) is 21.0 Å². The number of likely N-dealkylation sites (N-methyl/N-ethyl adjacent to an activating group) is 1. The van der Waals surface area contributed by atoms with Gasteiger partial charge >= 0.3 is 0 Å². The average Bonchev–Trinajstić information content (AvgIpc) is 3.43. The molecule has 4 aromatic rings. The summed E-state index contributed by atoms with van der Waals surface area (Å²) in [5.41, 5.74) is 5.58. The molecule has 39 heavy (non-hydrogen) atoms. The zero-order valence-electron chi connectivity index (χ0n) is 21.6. The van der Waals surface area contributed by atoms with Gasteiger partial charge in [-0.15, -0.1) is 11.8 Å². The lowest BCUT2D eigenvalue weighted by Gasteiger charge is -2.20. The summed E-state index contributed by atoms with van der Waals surface area (Å²) in [4.78, 5) is 20.8. The van der Waals surface area contributed by atoms with Crippen molar-refractivity contribution in [1.29, 1.82) is 5.26 Å². The van der Waals surface area contributed by atoms with Crippen molar-refractivity contribution >= 4 is 40.0 Å². The molecule has 198 valence electrons. The number of hydrogen-bond donors (Lipinski definition) is 0. The van der Waals surface area contributed by atoms with Gasteiger partial charge in [0.1, 0.15) is 12.9 Å². The number of alkyl halides is 1. The largest absolute Gasteiger partial charge is 0.493 e. The summed E-state index contributed by atoms with van der Waals surface area (Å²) in [5.74, 6) is 1.14.